The highest BCUT2D eigenvalue weighted by Gasteiger charge is 2.29. The molecule has 0 unspecified atom stereocenters. The molecule has 15 heavy (non-hydrogen) atoms. The summed E-state index contributed by atoms with van der Waals surface area (Å²) in [6.45, 7) is 1.77. The number of hydrogen-bond acceptors (Lipinski definition) is 2. The Balaban J connectivity index is 2.12. The summed E-state index contributed by atoms with van der Waals surface area (Å²) < 4.78 is 36.1. The molecule has 0 amide bonds. The monoisotopic (exact) mass is 224 g/mol. The molecule has 1 saturated heterocycles. The lowest BCUT2D eigenvalue weighted by molar-refractivity contribution is -0.143. The first kappa shape index (κ1) is 12.8. The highest BCUT2D eigenvalue weighted by molar-refractivity contribution is 4.70. The smallest absolute Gasteiger partial charge is 0.317 e. The molecule has 1 fully saturated rings. The number of rotatable bonds is 4. The number of piperidine rings is 1. The zero-order chi connectivity index (χ0) is 11.3. The fourth-order valence-corrected chi connectivity index (χ4v) is 1.96. The van der Waals surface area contributed by atoms with Crippen molar-refractivity contribution in [3.8, 4) is 0 Å². The van der Waals surface area contributed by atoms with Crippen LogP contribution in [-0.2, 0) is 0 Å². The molecule has 5 heteroatoms. The molecule has 1 heterocycles. The van der Waals surface area contributed by atoms with E-state index in [0.717, 1.165) is 32.4 Å². The quantitative estimate of drug-likeness (QED) is 0.784. The normalized spacial score (nSPS) is 19.8. The average molecular weight is 224 g/mol. The van der Waals surface area contributed by atoms with Crippen molar-refractivity contribution in [1.82, 2.24) is 10.2 Å². The number of alkyl halides is 3. The molecule has 0 bridgehead atoms. The number of halogens is 3. The van der Waals surface area contributed by atoms with E-state index in [1.54, 1.807) is 0 Å². The SMILES string of the molecule is CN(CCC1CCNCC1)CC(F)(F)F. The Bertz CT molecular complexity index is 176. The summed E-state index contributed by atoms with van der Waals surface area (Å²) in [6.07, 6.45) is -0.989. The van der Waals surface area contributed by atoms with Gasteiger partial charge in [-0.1, -0.05) is 0 Å². The Kier molecular flexibility index (Phi) is 4.86. The van der Waals surface area contributed by atoms with Gasteiger partial charge in [-0.25, -0.2) is 0 Å². The van der Waals surface area contributed by atoms with Gasteiger partial charge < -0.3 is 5.32 Å². The summed E-state index contributed by atoms with van der Waals surface area (Å²) in [5.74, 6) is 0.599. The molecule has 0 aromatic carbocycles. The van der Waals surface area contributed by atoms with E-state index in [2.05, 4.69) is 5.32 Å². The van der Waals surface area contributed by atoms with Gasteiger partial charge in [-0.05, 0) is 51.9 Å². The van der Waals surface area contributed by atoms with Crippen LogP contribution in [0.25, 0.3) is 0 Å². The molecular weight excluding hydrogens is 205 g/mol. The van der Waals surface area contributed by atoms with Crippen LogP contribution in [0.2, 0.25) is 0 Å². The molecule has 0 spiro atoms. The first-order valence-electron chi connectivity index (χ1n) is 5.43. The van der Waals surface area contributed by atoms with Crippen LogP contribution >= 0.6 is 0 Å². The molecule has 90 valence electrons. The second-order valence-corrected chi connectivity index (χ2v) is 4.34. The van der Waals surface area contributed by atoms with Crippen LogP contribution < -0.4 is 5.32 Å². The Morgan fingerprint density at radius 2 is 1.87 bits per heavy atom. The molecule has 0 radical (unpaired) electrons. The van der Waals surface area contributed by atoms with Gasteiger partial charge >= 0.3 is 6.18 Å². The van der Waals surface area contributed by atoms with E-state index in [-0.39, 0.29) is 0 Å². The summed E-state index contributed by atoms with van der Waals surface area (Å²) in [6, 6.07) is 0. The first-order valence-corrected chi connectivity index (χ1v) is 5.43. The van der Waals surface area contributed by atoms with Crippen molar-refractivity contribution in [1.29, 1.82) is 0 Å². The molecule has 0 aromatic heterocycles. The number of nitrogens with one attached hydrogen (secondary N) is 1. The van der Waals surface area contributed by atoms with E-state index in [9.17, 15) is 13.2 Å². The maximum absolute atomic E-state index is 12.0. The van der Waals surface area contributed by atoms with E-state index in [0.29, 0.717) is 12.5 Å². The molecule has 1 aliphatic heterocycles. The number of hydrogen-bond donors (Lipinski definition) is 1. The zero-order valence-electron chi connectivity index (χ0n) is 9.11. The van der Waals surface area contributed by atoms with Crippen molar-refractivity contribution in [3.63, 3.8) is 0 Å². The molecule has 1 N–H and O–H groups in total. The molecule has 0 aliphatic carbocycles. The van der Waals surface area contributed by atoms with Gasteiger partial charge in [-0.3, -0.25) is 4.90 Å². The minimum Gasteiger partial charge on any atom is -0.317 e. The van der Waals surface area contributed by atoms with Crippen LogP contribution in [0.5, 0.6) is 0 Å². The molecule has 0 atom stereocenters. The summed E-state index contributed by atoms with van der Waals surface area (Å²) in [4.78, 5) is 1.36. The van der Waals surface area contributed by atoms with Gasteiger partial charge in [0.05, 0.1) is 6.54 Å². The van der Waals surface area contributed by atoms with Crippen LogP contribution in [0, 0.1) is 5.92 Å². The molecule has 0 aromatic rings. The van der Waals surface area contributed by atoms with Crippen LogP contribution in [0.4, 0.5) is 13.2 Å². The van der Waals surface area contributed by atoms with Gasteiger partial charge in [-0.2, -0.15) is 13.2 Å². The summed E-state index contributed by atoms with van der Waals surface area (Å²) in [7, 11) is 1.54. The van der Waals surface area contributed by atoms with E-state index in [1.807, 2.05) is 0 Å². The maximum Gasteiger partial charge on any atom is 0.401 e. The topological polar surface area (TPSA) is 15.3 Å². The highest BCUT2D eigenvalue weighted by Crippen LogP contribution is 2.19. The van der Waals surface area contributed by atoms with Crippen LogP contribution in [0.15, 0.2) is 0 Å². The van der Waals surface area contributed by atoms with E-state index >= 15 is 0 Å². The van der Waals surface area contributed by atoms with Gasteiger partial charge in [0.2, 0.25) is 0 Å². The third-order valence-electron chi connectivity index (χ3n) is 2.83. The average Bonchev–Trinajstić information content (AvgIpc) is 2.14. The maximum atomic E-state index is 12.0. The molecule has 1 rings (SSSR count). The van der Waals surface area contributed by atoms with Gasteiger partial charge in [0.1, 0.15) is 0 Å². The van der Waals surface area contributed by atoms with Gasteiger partial charge in [0.15, 0.2) is 0 Å². The minimum absolute atomic E-state index is 0.546. The van der Waals surface area contributed by atoms with Gasteiger partial charge in [0, 0.05) is 0 Å². The van der Waals surface area contributed by atoms with Crippen LogP contribution in [0.1, 0.15) is 19.3 Å². The Morgan fingerprint density at radius 1 is 1.27 bits per heavy atom. The fourth-order valence-electron chi connectivity index (χ4n) is 1.96. The lowest BCUT2D eigenvalue weighted by Gasteiger charge is -2.25. The predicted molar refractivity (Wildman–Crippen MR) is 53.8 cm³/mol. The summed E-state index contributed by atoms with van der Waals surface area (Å²) in [5.41, 5.74) is 0. The van der Waals surface area contributed by atoms with Crippen molar-refractivity contribution in [2.75, 3.05) is 33.2 Å². The van der Waals surface area contributed by atoms with E-state index in [1.165, 1.54) is 11.9 Å². The largest absolute Gasteiger partial charge is 0.401 e. The zero-order valence-corrected chi connectivity index (χ0v) is 9.11. The van der Waals surface area contributed by atoms with Crippen molar-refractivity contribution < 1.29 is 13.2 Å². The van der Waals surface area contributed by atoms with E-state index < -0.39 is 12.7 Å². The van der Waals surface area contributed by atoms with Crippen molar-refractivity contribution >= 4 is 0 Å². The standard InChI is InChI=1S/C10H19F3N2/c1-15(8-10(11,12)13)7-4-9-2-5-14-6-3-9/h9,14H,2-8H2,1H3. The minimum atomic E-state index is -4.07. The Hall–Kier alpha value is -0.290. The first-order chi connectivity index (χ1) is 6.97. The second-order valence-electron chi connectivity index (χ2n) is 4.34. The third kappa shape index (κ3) is 5.99. The van der Waals surface area contributed by atoms with Gasteiger partial charge in [-0.15, -0.1) is 0 Å². The van der Waals surface area contributed by atoms with Crippen molar-refractivity contribution in [2.24, 2.45) is 5.92 Å². The molecular formula is C10H19F3N2. The summed E-state index contributed by atoms with van der Waals surface area (Å²) >= 11 is 0. The van der Waals surface area contributed by atoms with Crippen molar-refractivity contribution in [3.05, 3.63) is 0 Å². The molecule has 2 nitrogen and oxygen atoms in total. The fraction of sp³-hybridized carbons (Fsp3) is 1.00. The third-order valence-corrected chi connectivity index (χ3v) is 2.83. The Labute approximate surface area is 88.8 Å². The number of nitrogens with zero attached hydrogens (tertiary/aromatic N) is 1. The van der Waals surface area contributed by atoms with E-state index in [4.69, 9.17) is 0 Å². The van der Waals surface area contributed by atoms with Crippen LogP contribution in [0.3, 0.4) is 0 Å². The van der Waals surface area contributed by atoms with Crippen LogP contribution in [-0.4, -0.2) is 44.3 Å². The molecule has 0 saturated carbocycles. The Morgan fingerprint density at radius 3 is 2.40 bits per heavy atom. The second kappa shape index (κ2) is 5.70. The highest BCUT2D eigenvalue weighted by atomic mass is 19.4. The lowest BCUT2D eigenvalue weighted by atomic mass is 9.94. The summed E-state index contributed by atoms with van der Waals surface area (Å²) in [5, 5.41) is 3.25. The van der Waals surface area contributed by atoms with Gasteiger partial charge in [0.25, 0.3) is 0 Å². The van der Waals surface area contributed by atoms with Crippen molar-refractivity contribution in [2.45, 2.75) is 25.4 Å². The predicted octanol–water partition coefficient (Wildman–Crippen LogP) is 1.87. The molecule has 1 aliphatic rings. The lowest BCUT2D eigenvalue weighted by Crippen LogP contribution is -2.34.